The normalized spacial score (nSPS) is 30.7. The zero-order valence-electron chi connectivity index (χ0n) is 12.7. The van der Waals surface area contributed by atoms with Gasteiger partial charge in [-0.25, -0.2) is 0 Å². The van der Waals surface area contributed by atoms with Gasteiger partial charge in [0.1, 0.15) is 0 Å². The van der Waals surface area contributed by atoms with Crippen LogP contribution in [0.25, 0.3) is 0 Å². The minimum Gasteiger partial charge on any atom is -0.388 e. The molecule has 0 aromatic rings. The molecule has 112 valence electrons. The van der Waals surface area contributed by atoms with Crippen molar-refractivity contribution in [3.63, 3.8) is 0 Å². The molecule has 1 unspecified atom stereocenters. The Balaban J connectivity index is 2.42. The minimum atomic E-state index is -0.828. The highest BCUT2D eigenvalue weighted by molar-refractivity contribution is 5.85. The van der Waals surface area contributed by atoms with Crippen molar-refractivity contribution in [1.82, 2.24) is 5.32 Å². The summed E-state index contributed by atoms with van der Waals surface area (Å²) in [5.41, 5.74) is 4.42. The molecule has 1 rings (SSSR count). The molecule has 1 amide bonds. The van der Waals surface area contributed by atoms with Crippen LogP contribution in [0.4, 0.5) is 0 Å². The van der Waals surface area contributed by atoms with E-state index in [1.807, 2.05) is 6.92 Å². The van der Waals surface area contributed by atoms with Gasteiger partial charge in [0.2, 0.25) is 5.91 Å². The fourth-order valence-electron chi connectivity index (χ4n) is 2.88. The minimum absolute atomic E-state index is 0.152. The van der Waals surface area contributed by atoms with Gasteiger partial charge in [-0.15, -0.1) is 0 Å². The molecule has 4 heteroatoms. The van der Waals surface area contributed by atoms with E-state index < -0.39 is 11.1 Å². The van der Waals surface area contributed by atoms with Crippen LogP contribution in [0.3, 0.4) is 0 Å². The molecule has 0 radical (unpaired) electrons. The van der Waals surface area contributed by atoms with Gasteiger partial charge >= 0.3 is 0 Å². The average molecular weight is 270 g/mol. The van der Waals surface area contributed by atoms with E-state index in [4.69, 9.17) is 5.73 Å². The van der Waals surface area contributed by atoms with Crippen molar-refractivity contribution in [3.05, 3.63) is 0 Å². The van der Waals surface area contributed by atoms with Gasteiger partial charge in [-0.3, -0.25) is 4.79 Å². The molecule has 0 aromatic carbocycles. The third kappa shape index (κ3) is 4.77. The summed E-state index contributed by atoms with van der Waals surface area (Å²) in [4.78, 5) is 12.0. The lowest BCUT2D eigenvalue weighted by atomic mass is 9.77. The quantitative estimate of drug-likeness (QED) is 0.690. The van der Waals surface area contributed by atoms with Crippen molar-refractivity contribution in [1.29, 1.82) is 0 Å². The molecular weight excluding hydrogens is 240 g/mol. The van der Waals surface area contributed by atoms with Crippen LogP contribution in [0.15, 0.2) is 0 Å². The molecule has 1 aliphatic carbocycles. The third-order valence-electron chi connectivity index (χ3n) is 4.48. The maximum atomic E-state index is 12.0. The molecule has 0 aliphatic heterocycles. The van der Waals surface area contributed by atoms with Crippen LogP contribution in [0.1, 0.15) is 65.7 Å². The van der Waals surface area contributed by atoms with Crippen molar-refractivity contribution in [3.8, 4) is 0 Å². The Morgan fingerprint density at radius 1 is 1.42 bits per heavy atom. The Morgan fingerprint density at radius 2 is 2.00 bits per heavy atom. The van der Waals surface area contributed by atoms with E-state index in [2.05, 4.69) is 12.2 Å². The van der Waals surface area contributed by atoms with Crippen LogP contribution >= 0.6 is 0 Å². The summed E-state index contributed by atoms with van der Waals surface area (Å²) in [5, 5.41) is 13.3. The lowest BCUT2D eigenvalue weighted by Crippen LogP contribution is -2.55. The second-order valence-corrected chi connectivity index (χ2v) is 6.43. The second kappa shape index (κ2) is 6.71. The predicted octanol–water partition coefficient (Wildman–Crippen LogP) is 1.95. The molecule has 0 heterocycles. The maximum absolute atomic E-state index is 12.0. The number of carbonyl (C=O) groups is 1. The number of rotatable bonds is 6. The van der Waals surface area contributed by atoms with Crippen molar-refractivity contribution in [2.75, 3.05) is 6.54 Å². The van der Waals surface area contributed by atoms with Crippen molar-refractivity contribution >= 4 is 5.91 Å². The Labute approximate surface area is 117 Å². The van der Waals surface area contributed by atoms with Crippen LogP contribution in [0, 0.1) is 5.92 Å². The highest BCUT2D eigenvalue weighted by Gasteiger charge is 2.35. The fraction of sp³-hybridized carbons (Fsp3) is 0.933. The van der Waals surface area contributed by atoms with Gasteiger partial charge < -0.3 is 16.2 Å². The van der Waals surface area contributed by atoms with E-state index in [1.165, 1.54) is 6.42 Å². The second-order valence-electron chi connectivity index (χ2n) is 6.43. The van der Waals surface area contributed by atoms with E-state index in [9.17, 15) is 9.90 Å². The van der Waals surface area contributed by atoms with E-state index in [1.54, 1.807) is 6.92 Å². The molecule has 1 fully saturated rings. The number of aliphatic hydroxyl groups is 1. The fourth-order valence-corrected chi connectivity index (χ4v) is 2.88. The summed E-state index contributed by atoms with van der Waals surface area (Å²) in [5.74, 6) is 0.580. The lowest BCUT2D eigenvalue weighted by molar-refractivity contribution is -0.127. The molecule has 4 nitrogen and oxygen atoms in total. The van der Waals surface area contributed by atoms with E-state index in [0.29, 0.717) is 13.0 Å². The number of nitrogens with one attached hydrogen (secondary N) is 1. The number of hydrogen-bond acceptors (Lipinski definition) is 3. The predicted molar refractivity (Wildman–Crippen MR) is 77.7 cm³/mol. The van der Waals surface area contributed by atoms with Crippen molar-refractivity contribution in [2.24, 2.45) is 11.7 Å². The van der Waals surface area contributed by atoms with Gasteiger partial charge in [0.15, 0.2) is 0 Å². The molecule has 0 aromatic heterocycles. The van der Waals surface area contributed by atoms with Crippen LogP contribution in [0.5, 0.6) is 0 Å². The summed E-state index contributed by atoms with van der Waals surface area (Å²) in [7, 11) is 0. The zero-order chi connectivity index (χ0) is 14.5. The van der Waals surface area contributed by atoms with Gasteiger partial charge in [-0.2, -0.15) is 0 Å². The van der Waals surface area contributed by atoms with Crippen LogP contribution < -0.4 is 11.1 Å². The molecule has 1 atom stereocenters. The average Bonchev–Trinajstić information content (AvgIpc) is 2.37. The Hall–Kier alpha value is -0.610. The van der Waals surface area contributed by atoms with Crippen molar-refractivity contribution in [2.45, 2.75) is 76.9 Å². The molecule has 0 bridgehead atoms. The van der Waals surface area contributed by atoms with Gasteiger partial charge in [-0.1, -0.05) is 26.7 Å². The molecule has 0 saturated heterocycles. The Kier molecular flexibility index (Phi) is 5.81. The third-order valence-corrected chi connectivity index (χ3v) is 4.48. The van der Waals surface area contributed by atoms with Gasteiger partial charge in [0.05, 0.1) is 11.1 Å². The maximum Gasteiger partial charge on any atom is 0.239 e. The number of hydrogen-bond donors (Lipinski definition) is 3. The monoisotopic (exact) mass is 270 g/mol. The van der Waals surface area contributed by atoms with Crippen LogP contribution in [-0.4, -0.2) is 28.7 Å². The first-order valence-electron chi connectivity index (χ1n) is 7.62. The lowest BCUT2D eigenvalue weighted by Gasteiger charge is -2.36. The summed E-state index contributed by atoms with van der Waals surface area (Å²) in [6, 6.07) is 0. The van der Waals surface area contributed by atoms with Gasteiger partial charge in [0.25, 0.3) is 0 Å². The van der Waals surface area contributed by atoms with E-state index >= 15 is 0 Å². The Bertz CT molecular complexity index is 295. The number of amides is 1. The summed E-state index contributed by atoms with van der Waals surface area (Å²) >= 11 is 0. The molecule has 4 N–H and O–H groups in total. The van der Waals surface area contributed by atoms with Crippen LogP contribution in [-0.2, 0) is 4.79 Å². The molecule has 0 spiro atoms. The molecular formula is C15H30N2O2. The highest BCUT2D eigenvalue weighted by atomic mass is 16.3. The SMILES string of the molecule is CCCC(C)(N)C(=O)NCC1(O)CCC(CC)CC1. The first kappa shape index (κ1) is 16.4. The van der Waals surface area contributed by atoms with E-state index in [0.717, 1.165) is 38.0 Å². The van der Waals surface area contributed by atoms with Crippen molar-refractivity contribution < 1.29 is 9.90 Å². The molecule has 1 saturated carbocycles. The van der Waals surface area contributed by atoms with Gasteiger partial charge in [0, 0.05) is 6.54 Å². The zero-order valence-corrected chi connectivity index (χ0v) is 12.7. The van der Waals surface area contributed by atoms with Crippen LogP contribution in [0.2, 0.25) is 0 Å². The smallest absolute Gasteiger partial charge is 0.239 e. The van der Waals surface area contributed by atoms with Gasteiger partial charge in [-0.05, 0) is 44.9 Å². The molecule has 19 heavy (non-hydrogen) atoms. The summed E-state index contributed by atoms with van der Waals surface area (Å²) in [6.45, 7) is 6.29. The first-order chi connectivity index (χ1) is 8.83. The first-order valence-corrected chi connectivity index (χ1v) is 7.62. The topological polar surface area (TPSA) is 75.4 Å². The number of nitrogens with two attached hydrogens (primary N) is 1. The largest absolute Gasteiger partial charge is 0.388 e. The highest BCUT2D eigenvalue weighted by Crippen LogP contribution is 2.33. The summed E-state index contributed by atoms with van der Waals surface area (Å²) < 4.78 is 0. The Morgan fingerprint density at radius 3 is 2.47 bits per heavy atom. The number of carbonyl (C=O) groups excluding carboxylic acids is 1. The molecule has 1 aliphatic rings. The standard InChI is InChI=1S/C15H30N2O2/c1-4-8-14(3,16)13(18)17-11-15(19)9-6-12(5-2)7-10-15/h12,19H,4-11,16H2,1-3H3,(H,17,18). The van der Waals surface area contributed by atoms with E-state index in [-0.39, 0.29) is 5.91 Å². The summed E-state index contributed by atoms with van der Waals surface area (Å²) in [6.07, 6.45) is 6.38.